The van der Waals surface area contributed by atoms with Crippen molar-refractivity contribution in [2.75, 3.05) is 24.6 Å². The molecule has 15 heavy (non-hydrogen) atoms. The van der Waals surface area contributed by atoms with E-state index in [1.165, 1.54) is 31.0 Å². The van der Waals surface area contributed by atoms with Gasteiger partial charge in [-0.3, -0.25) is 0 Å². The molecular weight excluding hydrogens is 202 g/mol. The zero-order valence-electron chi connectivity index (χ0n) is 10.6. The van der Waals surface area contributed by atoms with E-state index in [1.54, 1.807) is 0 Å². The Bertz CT molecular complexity index is 215. The van der Waals surface area contributed by atoms with Gasteiger partial charge in [0, 0.05) is 0 Å². The zero-order valence-corrected chi connectivity index (χ0v) is 11.4. The Morgan fingerprint density at radius 1 is 1.13 bits per heavy atom. The fourth-order valence-electron chi connectivity index (χ4n) is 3.02. The van der Waals surface area contributed by atoms with Crippen LogP contribution in [0.4, 0.5) is 0 Å². The molecule has 2 rings (SSSR count). The van der Waals surface area contributed by atoms with E-state index >= 15 is 0 Å². The third kappa shape index (κ3) is 2.08. The molecule has 2 aliphatic rings. The molecule has 1 nitrogen and oxygen atoms in total. The first-order chi connectivity index (χ1) is 6.96. The summed E-state index contributed by atoms with van der Waals surface area (Å²) in [7, 11) is 0. The third-order valence-electron chi connectivity index (χ3n) is 5.13. The van der Waals surface area contributed by atoms with Crippen molar-refractivity contribution in [3.05, 3.63) is 0 Å². The van der Waals surface area contributed by atoms with Crippen LogP contribution in [0.2, 0.25) is 0 Å². The predicted octanol–water partition coefficient (Wildman–Crippen LogP) is 3.01. The van der Waals surface area contributed by atoms with E-state index in [4.69, 9.17) is 0 Å². The van der Waals surface area contributed by atoms with E-state index in [2.05, 4.69) is 44.8 Å². The lowest BCUT2D eigenvalue weighted by Crippen LogP contribution is -2.26. The van der Waals surface area contributed by atoms with Crippen molar-refractivity contribution in [1.29, 1.82) is 0 Å². The van der Waals surface area contributed by atoms with Gasteiger partial charge in [-0.1, -0.05) is 27.7 Å². The maximum Gasteiger partial charge on any atom is -0.000977 e. The highest BCUT2D eigenvalue weighted by molar-refractivity contribution is 7.99. The van der Waals surface area contributed by atoms with Crippen LogP contribution in [0.3, 0.4) is 0 Å². The Morgan fingerprint density at radius 3 is 2.27 bits per heavy atom. The summed E-state index contributed by atoms with van der Waals surface area (Å²) in [6, 6.07) is 0. The van der Waals surface area contributed by atoms with Crippen molar-refractivity contribution in [3.8, 4) is 0 Å². The molecular formula is C13H25NS. The second-order valence-electron chi connectivity index (χ2n) is 6.38. The quantitative estimate of drug-likeness (QED) is 0.792. The minimum Gasteiger partial charge on any atom is -0.316 e. The summed E-state index contributed by atoms with van der Waals surface area (Å²) in [6.45, 7) is 12.1. The molecule has 0 aromatic rings. The Labute approximate surface area is 98.8 Å². The van der Waals surface area contributed by atoms with Gasteiger partial charge in [0.25, 0.3) is 0 Å². The van der Waals surface area contributed by atoms with Gasteiger partial charge in [0.2, 0.25) is 0 Å². The van der Waals surface area contributed by atoms with Crippen LogP contribution < -0.4 is 5.32 Å². The van der Waals surface area contributed by atoms with Gasteiger partial charge in [-0.25, -0.2) is 0 Å². The van der Waals surface area contributed by atoms with Crippen LogP contribution in [-0.4, -0.2) is 24.6 Å². The van der Waals surface area contributed by atoms with Crippen LogP contribution >= 0.6 is 11.8 Å². The third-order valence-corrected chi connectivity index (χ3v) is 6.36. The van der Waals surface area contributed by atoms with Gasteiger partial charge in [-0.05, 0) is 53.7 Å². The summed E-state index contributed by atoms with van der Waals surface area (Å²) in [5.41, 5.74) is 1.09. The monoisotopic (exact) mass is 227 g/mol. The zero-order chi connectivity index (χ0) is 11.1. The highest BCUT2D eigenvalue weighted by Gasteiger charge is 2.63. The van der Waals surface area contributed by atoms with E-state index in [1.807, 2.05) is 0 Å². The summed E-state index contributed by atoms with van der Waals surface area (Å²) in [5.74, 6) is 4.58. The van der Waals surface area contributed by atoms with Crippen LogP contribution in [0.1, 0.15) is 34.1 Å². The van der Waals surface area contributed by atoms with Gasteiger partial charge in [0.05, 0.1) is 0 Å². The van der Waals surface area contributed by atoms with Gasteiger partial charge in [-0.2, -0.15) is 11.8 Å². The van der Waals surface area contributed by atoms with Gasteiger partial charge >= 0.3 is 0 Å². The summed E-state index contributed by atoms with van der Waals surface area (Å²) >= 11 is 2.12. The first-order valence-corrected chi connectivity index (χ1v) is 7.40. The molecule has 1 atom stereocenters. The minimum atomic E-state index is 0.546. The van der Waals surface area contributed by atoms with E-state index in [-0.39, 0.29) is 0 Å². The van der Waals surface area contributed by atoms with Crippen molar-refractivity contribution < 1.29 is 0 Å². The fraction of sp³-hybridized carbons (Fsp3) is 1.00. The lowest BCUT2D eigenvalue weighted by Gasteiger charge is -2.10. The maximum atomic E-state index is 3.69. The molecule has 0 spiro atoms. The molecule has 2 fully saturated rings. The SMILES string of the molecule is CC1(C)C(CNCC2CCSC2)C1(C)C. The van der Waals surface area contributed by atoms with E-state index in [0.29, 0.717) is 10.8 Å². The molecule has 0 aromatic carbocycles. The molecule has 1 aliphatic carbocycles. The number of hydrogen-bond acceptors (Lipinski definition) is 2. The van der Waals surface area contributed by atoms with Crippen LogP contribution in [0, 0.1) is 22.7 Å². The van der Waals surface area contributed by atoms with Gasteiger partial charge in [-0.15, -0.1) is 0 Å². The summed E-state index contributed by atoms with van der Waals surface area (Å²) in [6.07, 6.45) is 1.43. The standard InChI is InChI=1S/C13H25NS/c1-12(2)11(13(12,3)4)8-14-7-10-5-6-15-9-10/h10-11,14H,5-9H2,1-4H3. The van der Waals surface area contributed by atoms with E-state index in [9.17, 15) is 0 Å². The normalized spacial score (nSPS) is 33.2. The van der Waals surface area contributed by atoms with Crippen LogP contribution in [-0.2, 0) is 0 Å². The lowest BCUT2D eigenvalue weighted by atomic mass is 10.0. The van der Waals surface area contributed by atoms with Crippen molar-refractivity contribution in [1.82, 2.24) is 5.32 Å². The van der Waals surface area contributed by atoms with Crippen LogP contribution in [0.5, 0.6) is 0 Å². The largest absolute Gasteiger partial charge is 0.316 e. The smallest absolute Gasteiger partial charge is 0.000977 e. The minimum absolute atomic E-state index is 0.546. The molecule has 0 amide bonds. The number of thioether (sulfide) groups is 1. The first-order valence-electron chi connectivity index (χ1n) is 6.24. The van der Waals surface area contributed by atoms with Crippen molar-refractivity contribution in [2.45, 2.75) is 34.1 Å². The van der Waals surface area contributed by atoms with Crippen LogP contribution in [0.15, 0.2) is 0 Å². The molecule has 1 aliphatic heterocycles. The van der Waals surface area contributed by atoms with Gasteiger partial charge < -0.3 is 5.32 Å². The number of nitrogens with one attached hydrogen (secondary N) is 1. The van der Waals surface area contributed by atoms with Crippen molar-refractivity contribution in [3.63, 3.8) is 0 Å². The Hall–Kier alpha value is 0.310. The topological polar surface area (TPSA) is 12.0 Å². The average molecular weight is 227 g/mol. The molecule has 0 aromatic heterocycles. The lowest BCUT2D eigenvalue weighted by molar-refractivity contribution is 0.457. The molecule has 1 saturated carbocycles. The second kappa shape index (κ2) is 3.96. The van der Waals surface area contributed by atoms with Crippen molar-refractivity contribution >= 4 is 11.8 Å². The van der Waals surface area contributed by atoms with E-state index in [0.717, 1.165) is 11.8 Å². The first kappa shape index (κ1) is 11.8. The van der Waals surface area contributed by atoms with Crippen LogP contribution in [0.25, 0.3) is 0 Å². The summed E-state index contributed by atoms with van der Waals surface area (Å²) in [5, 5.41) is 3.69. The highest BCUT2D eigenvalue weighted by Crippen LogP contribution is 2.67. The van der Waals surface area contributed by atoms with Gasteiger partial charge in [0.1, 0.15) is 0 Å². The Morgan fingerprint density at radius 2 is 1.80 bits per heavy atom. The predicted molar refractivity (Wildman–Crippen MR) is 69.4 cm³/mol. The molecule has 1 heterocycles. The Balaban J connectivity index is 1.67. The molecule has 0 radical (unpaired) electrons. The second-order valence-corrected chi connectivity index (χ2v) is 7.53. The van der Waals surface area contributed by atoms with E-state index < -0.39 is 0 Å². The maximum absolute atomic E-state index is 3.69. The molecule has 0 bridgehead atoms. The fourth-order valence-corrected chi connectivity index (χ4v) is 4.30. The number of hydrogen-bond donors (Lipinski definition) is 1. The average Bonchev–Trinajstić information content (AvgIpc) is 2.62. The molecule has 1 unspecified atom stereocenters. The molecule has 2 heteroatoms. The van der Waals surface area contributed by atoms with Gasteiger partial charge in [0.15, 0.2) is 0 Å². The molecule has 1 saturated heterocycles. The summed E-state index contributed by atoms with van der Waals surface area (Å²) < 4.78 is 0. The highest BCUT2D eigenvalue weighted by atomic mass is 32.2. The van der Waals surface area contributed by atoms with Crippen molar-refractivity contribution in [2.24, 2.45) is 22.7 Å². The Kier molecular flexibility index (Phi) is 3.11. The molecule has 1 N–H and O–H groups in total. The summed E-state index contributed by atoms with van der Waals surface area (Å²) in [4.78, 5) is 0. The number of rotatable bonds is 4. The molecule has 88 valence electrons.